The smallest absolute Gasteiger partial charge is 0.338 e. The van der Waals surface area contributed by atoms with Gasteiger partial charge in [-0.2, -0.15) is 0 Å². The first-order valence-corrected chi connectivity index (χ1v) is 11.7. The molecule has 0 radical (unpaired) electrons. The molecule has 0 saturated heterocycles. The van der Waals surface area contributed by atoms with Gasteiger partial charge in [-0.25, -0.2) is 9.79 Å². The van der Waals surface area contributed by atoms with E-state index in [2.05, 4.69) is 5.32 Å². The molecule has 0 fully saturated rings. The van der Waals surface area contributed by atoms with Crippen molar-refractivity contribution in [2.24, 2.45) is 4.99 Å². The average molecular weight is 502 g/mol. The Balaban J connectivity index is 1.97. The van der Waals surface area contributed by atoms with E-state index in [0.717, 1.165) is 5.56 Å². The molecule has 10 nitrogen and oxygen atoms in total. The molecule has 0 bridgehead atoms. The molecule has 1 heterocycles. The van der Waals surface area contributed by atoms with E-state index in [0.29, 0.717) is 45.0 Å². The number of hydrogen-bond acceptors (Lipinski definition) is 10. The quantitative estimate of drug-likeness (QED) is 0.303. The van der Waals surface area contributed by atoms with Crippen molar-refractivity contribution >= 4 is 28.6 Å². The lowest BCUT2D eigenvalue weighted by Gasteiger charge is -2.26. The molecule has 0 spiro atoms. The van der Waals surface area contributed by atoms with Crippen molar-refractivity contribution in [2.75, 3.05) is 27.9 Å². The lowest BCUT2D eigenvalue weighted by Crippen LogP contribution is -2.30. The van der Waals surface area contributed by atoms with Crippen LogP contribution in [0.5, 0.6) is 17.2 Å². The van der Waals surface area contributed by atoms with Gasteiger partial charge in [0, 0.05) is 23.6 Å². The van der Waals surface area contributed by atoms with Gasteiger partial charge in [-0.1, -0.05) is 23.9 Å². The number of benzene rings is 2. The van der Waals surface area contributed by atoms with Crippen molar-refractivity contribution in [1.29, 1.82) is 0 Å². The van der Waals surface area contributed by atoms with E-state index >= 15 is 0 Å². The van der Waals surface area contributed by atoms with Crippen LogP contribution in [0.2, 0.25) is 0 Å². The summed E-state index contributed by atoms with van der Waals surface area (Å²) in [5.74, 6) is 1.36. The van der Waals surface area contributed by atoms with E-state index in [1.807, 2.05) is 0 Å². The lowest BCUT2D eigenvalue weighted by molar-refractivity contribution is -0.384. The number of allylic oxidation sites excluding steroid dienone is 1. The van der Waals surface area contributed by atoms with Crippen LogP contribution in [0, 0.1) is 10.1 Å². The highest BCUT2D eigenvalue weighted by atomic mass is 32.2. The van der Waals surface area contributed by atoms with Gasteiger partial charge in [0.15, 0.2) is 16.7 Å². The summed E-state index contributed by atoms with van der Waals surface area (Å²) in [6.45, 7) is 3.76. The number of nitrogens with zero attached hydrogens (tertiary/aromatic N) is 2. The molecule has 0 unspecified atom stereocenters. The number of amidine groups is 1. The third-order valence-electron chi connectivity index (χ3n) is 5.24. The number of carbonyl (C=O) groups is 1. The number of rotatable bonds is 9. The molecule has 1 atom stereocenters. The van der Waals surface area contributed by atoms with E-state index in [-0.39, 0.29) is 12.3 Å². The third-order valence-corrected chi connectivity index (χ3v) is 6.20. The second-order valence-electron chi connectivity index (χ2n) is 7.39. The maximum atomic E-state index is 12.9. The Hall–Kier alpha value is -3.73. The lowest BCUT2D eigenvalue weighted by atomic mass is 9.96. The zero-order valence-corrected chi connectivity index (χ0v) is 20.9. The summed E-state index contributed by atoms with van der Waals surface area (Å²) in [4.78, 5) is 28.1. The van der Waals surface area contributed by atoms with Crippen molar-refractivity contribution in [1.82, 2.24) is 5.32 Å². The van der Waals surface area contributed by atoms with Crippen LogP contribution in [0.3, 0.4) is 0 Å². The van der Waals surface area contributed by atoms with Crippen LogP contribution in [0.1, 0.15) is 31.0 Å². The first kappa shape index (κ1) is 25.9. The fourth-order valence-electron chi connectivity index (χ4n) is 3.56. The number of non-ortho nitro benzene ring substituents is 1. The number of methoxy groups -OCH3 is 3. The minimum Gasteiger partial charge on any atom is -0.493 e. The van der Waals surface area contributed by atoms with Crippen molar-refractivity contribution in [3.63, 3.8) is 0 Å². The SMILES string of the molecule is CCOC(=O)C1=C(C)NC(SCc2ccc([N+](=O)[O-])cc2)=N[C@@H]1c1cc(OC)c(OC)c(OC)c1. The van der Waals surface area contributed by atoms with Gasteiger partial charge in [0.2, 0.25) is 5.75 Å². The molecule has 0 amide bonds. The molecule has 35 heavy (non-hydrogen) atoms. The van der Waals surface area contributed by atoms with Gasteiger partial charge in [-0.05, 0) is 37.1 Å². The van der Waals surface area contributed by atoms with E-state index in [4.69, 9.17) is 23.9 Å². The predicted molar refractivity (Wildman–Crippen MR) is 133 cm³/mol. The Morgan fingerprint density at radius 2 is 1.74 bits per heavy atom. The summed E-state index contributed by atoms with van der Waals surface area (Å²) in [5.41, 5.74) is 2.58. The number of ether oxygens (including phenoxy) is 4. The molecule has 186 valence electrons. The number of carbonyl (C=O) groups excluding carboxylic acids is 1. The first-order valence-electron chi connectivity index (χ1n) is 10.7. The number of nitro benzene ring substituents is 1. The number of thioether (sulfide) groups is 1. The van der Waals surface area contributed by atoms with Crippen LogP contribution in [-0.4, -0.2) is 44.0 Å². The van der Waals surface area contributed by atoms with E-state index < -0.39 is 16.9 Å². The van der Waals surface area contributed by atoms with Crippen molar-refractivity contribution in [3.8, 4) is 17.2 Å². The number of nitro groups is 1. The highest BCUT2D eigenvalue weighted by Crippen LogP contribution is 2.43. The maximum absolute atomic E-state index is 12.9. The highest BCUT2D eigenvalue weighted by molar-refractivity contribution is 8.13. The molecule has 11 heteroatoms. The molecule has 1 N–H and O–H groups in total. The third kappa shape index (κ3) is 5.86. The van der Waals surface area contributed by atoms with Gasteiger partial charge in [0.25, 0.3) is 5.69 Å². The molecule has 0 aromatic heterocycles. The van der Waals surface area contributed by atoms with Crippen LogP contribution in [-0.2, 0) is 15.3 Å². The average Bonchev–Trinajstić information content (AvgIpc) is 2.86. The molecule has 2 aromatic carbocycles. The molecule has 1 aliphatic rings. The molecule has 1 aliphatic heterocycles. The second kappa shape index (κ2) is 11.6. The summed E-state index contributed by atoms with van der Waals surface area (Å²) in [6, 6.07) is 9.18. The van der Waals surface area contributed by atoms with E-state index in [1.165, 1.54) is 45.2 Å². The normalized spacial score (nSPS) is 15.1. The highest BCUT2D eigenvalue weighted by Gasteiger charge is 2.32. The van der Waals surface area contributed by atoms with Gasteiger partial charge in [0.05, 0.1) is 38.4 Å². The van der Waals surface area contributed by atoms with Crippen molar-refractivity contribution in [3.05, 3.63) is 68.9 Å². The summed E-state index contributed by atoms with van der Waals surface area (Å²) in [6.07, 6.45) is 0. The second-order valence-corrected chi connectivity index (χ2v) is 8.36. The minimum absolute atomic E-state index is 0.0344. The van der Waals surface area contributed by atoms with Crippen LogP contribution < -0.4 is 19.5 Å². The fraction of sp³-hybridized carbons (Fsp3) is 0.333. The van der Waals surface area contributed by atoms with Crippen molar-refractivity contribution in [2.45, 2.75) is 25.6 Å². The summed E-state index contributed by atoms with van der Waals surface area (Å²) in [7, 11) is 4.56. The van der Waals surface area contributed by atoms with Gasteiger partial charge >= 0.3 is 5.97 Å². The summed E-state index contributed by atoms with van der Waals surface area (Å²) in [5, 5.41) is 14.7. The van der Waals surface area contributed by atoms with E-state index in [9.17, 15) is 14.9 Å². The van der Waals surface area contributed by atoms with Gasteiger partial charge in [-0.3, -0.25) is 10.1 Å². The van der Waals surface area contributed by atoms with Gasteiger partial charge in [-0.15, -0.1) is 0 Å². The van der Waals surface area contributed by atoms with Crippen LogP contribution in [0.4, 0.5) is 5.69 Å². The van der Waals surface area contributed by atoms with Crippen LogP contribution in [0.15, 0.2) is 52.7 Å². The fourth-order valence-corrected chi connectivity index (χ4v) is 4.46. The number of esters is 1. The zero-order valence-electron chi connectivity index (χ0n) is 20.1. The standard InChI is InChI=1S/C24H27N3O7S/c1-6-34-23(28)20-14(2)25-24(35-13-15-7-9-17(10-8-15)27(29)30)26-21(20)16-11-18(31-3)22(33-5)19(12-16)32-4/h7-12,21H,6,13H2,1-5H3,(H,25,26)/t21-/m1/s1. The number of hydrogen-bond donors (Lipinski definition) is 1. The Morgan fingerprint density at radius 1 is 1.11 bits per heavy atom. The zero-order chi connectivity index (χ0) is 25.5. The predicted octanol–water partition coefficient (Wildman–Crippen LogP) is 4.39. The first-order chi connectivity index (χ1) is 16.8. The largest absolute Gasteiger partial charge is 0.493 e. The summed E-state index contributed by atoms with van der Waals surface area (Å²) >= 11 is 1.42. The number of nitrogens with one attached hydrogen (secondary N) is 1. The Kier molecular flexibility index (Phi) is 8.58. The molecule has 2 aromatic rings. The monoisotopic (exact) mass is 501 g/mol. The molecular formula is C24H27N3O7S. The number of aliphatic imine (C=N–C) groups is 1. The summed E-state index contributed by atoms with van der Waals surface area (Å²) < 4.78 is 21.7. The molecular weight excluding hydrogens is 474 g/mol. The van der Waals surface area contributed by atoms with Crippen LogP contribution in [0.25, 0.3) is 0 Å². The Bertz CT molecular complexity index is 1140. The molecule has 3 rings (SSSR count). The maximum Gasteiger partial charge on any atom is 0.338 e. The Labute approximate surface area is 207 Å². The Morgan fingerprint density at radius 3 is 2.26 bits per heavy atom. The minimum atomic E-state index is -0.677. The van der Waals surface area contributed by atoms with Gasteiger partial charge < -0.3 is 24.3 Å². The molecule has 0 saturated carbocycles. The molecule has 0 aliphatic carbocycles. The topological polar surface area (TPSA) is 122 Å². The van der Waals surface area contributed by atoms with Crippen LogP contribution >= 0.6 is 11.8 Å². The van der Waals surface area contributed by atoms with E-state index in [1.54, 1.807) is 38.1 Å². The van der Waals surface area contributed by atoms with Gasteiger partial charge in [0.1, 0.15) is 6.04 Å². The van der Waals surface area contributed by atoms with Crippen molar-refractivity contribution < 1.29 is 28.7 Å².